The third kappa shape index (κ3) is 2.76. The molecular weight excluding hydrogens is 254 g/mol. The average Bonchev–Trinajstić information content (AvgIpc) is 2.96. The van der Waals surface area contributed by atoms with Gasteiger partial charge >= 0.3 is 0 Å². The van der Waals surface area contributed by atoms with E-state index in [0.29, 0.717) is 12.1 Å². The fourth-order valence-electron chi connectivity index (χ4n) is 2.23. The van der Waals surface area contributed by atoms with Crippen LogP contribution in [0.4, 0.5) is 0 Å². The van der Waals surface area contributed by atoms with Gasteiger partial charge in [-0.2, -0.15) is 5.10 Å². The highest BCUT2D eigenvalue weighted by Crippen LogP contribution is 2.19. The van der Waals surface area contributed by atoms with Gasteiger partial charge in [0.05, 0.1) is 29.8 Å². The molecule has 2 aromatic rings. The zero-order valence-corrected chi connectivity index (χ0v) is 12.7. The van der Waals surface area contributed by atoms with Crippen molar-refractivity contribution in [3.63, 3.8) is 0 Å². The van der Waals surface area contributed by atoms with Crippen LogP contribution in [-0.2, 0) is 12.1 Å². The summed E-state index contributed by atoms with van der Waals surface area (Å²) in [6.45, 7) is 8.65. The minimum atomic E-state index is -0.133. The van der Waals surface area contributed by atoms with Crippen LogP contribution in [0.15, 0.2) is 29.2 Å². The molecule has 0 fully saturated rings. The Morgan fingerprint density at radius 1 is 1.45 bits per heavy atom. The van der Waals surface area contributed by atoms with Crippen LogP contribution in [0, 0.1) is 6.92 Å². The molecule has 0 spiro atoms. The lowest BCUT2D eigenvalue weighted by molar-refractivity contribution is 0.0784. The quantitative estimate of drug-likeness (QED) is 0.865. The highest BCUT2D eigenvalue weighted by Gasteiger charge is 2.23. The van der Waals surface area contributed by atoms with E-state index in [4.69, 9.17) is 4.42 Å². The average molecular weight is 275 g/mol. The second kappa shape index (κ2) is 5.15. The van der Waals surface area contributed by atoms with Crippen LogP contribution in [0.1, 0.15) is 42.4 Å². The summed E-state index contributed by atoms with van der Waals surface area (Å²) in [6, 6.07) is 1.86. The summed E-state index contributed by atoms with van der Waals surface area (Å²) in [5.41, 5.74) is 2.38. The van der Waals surface area contributed by atoms with E-state index in [0.717, 1.165) is 11.3 Å². The van der Waals surface area contributed by atoms with E-state index in [2.05, 4.69) is 25.9 Å². The van der Waals surface area contributed by atoms with E-state index in [-0.39, 0.29) is 11.4 Å². The first-order valence-corrected chi connectivity index (χ1v) is 6.62. The van der Waals surface area contributed by atoms with Crippen LogP contribution in [0.3, 0.4) is 0 Å². The lowest BCUT2D eigenvalue weighted by Crippen LogP contribution is -2.28. The summed E-state index contributed by atoms with van der Waals surface area (Å²) in [7, 11) is 1.78. The number of amides is 1. The summed E-state index contributed by atoms with van der Waals surface area (Å²) >= 11 is 0. The van der Waals surface area contributed by atoms with Gasteiger partial charge in [0.1, 0.15) is 0 Å². The van der Waals surface area contributed by atoms with Crippen molar-refractivity contribution >= 4 is 5.91 Å². The maximum atomic E-state index is 12.5. The minimum absolute atomic E-state index is 0.0285. The Labute approximate surface area is 119 Å². The van der Waals surface area contributed by atoms with Gasteiger partial charge in [0.2, 0.25) is 0 Å². The van der Waals surface area contributed by atoms with E-state index < -0.39 is 0 Å². The molecule has 0 saturated heterocycles. The summed E-state index contributed by atoms with van der Waals surface area (Å²) in [6.07, 6.45) is 4.90. The highest BCUT2D eigenvalue weighted by atomic mass is 16.3. The Morgan fingerprint density at radius 3 is 2.65 bits per heavy atom. The summed E-state index contributed by atoms with van der Waals surface area (Å²) in [5, 5.41) is 4.34. The molecule has 0 aromatic carbocycles. The zero-order valence-electron chi connectivity index (χ0n) is 12.7. The number of nitrogens with zero attached hydrogens (tertiary/aromatic N) is 3. The number of furan rings is 1. The van der Waals surface area contributed by atoms with Gasteiger partial charge in [-0.05, 0) is 33.8 Å². The zero-order chi connectivity index (χ0) is 14.9. The predicted molar refractivity (Wildman–Crippen MR) is 76.5 cm³/mol. The normalized spacial score (nSPS) is 11.7. The van der Waals surface area contributed by atoms with Crippen LogP contribution in [0.25, 0.3) is 0 Å². The fraction of sp³-hybridized carbons (Fsp3) is 0.467. The van der Waals surface area contributed by atoms with Crippen molar-refractivity contribution in [1.29, 1.82) is 0 Å². The lowest BCUT2D eigenvalue weighted by atomic mass is 10.1. The summed E-state index contributed by atoms with van der Waals surface area (Å²) < 4.78 is 6.90. The molecular formula is C15H21N3O2. The largest absolute Gasteiger partial charge is 0.472 e. The van der Waals surface area contributed by atoms with Gasteiger partial charge in [-0.3, -0.25) is 9.48 Å². The molecule has 0 bridgehead atoms. The van der Waals surface area contributed by atoms with E-state index in [1.165, 1.54) is 0 Å². The van der Waals surface area contributed by atoms with Crippen molar-refractivity contribution < 1.29 is 9.21 Å². The van der Waals surface area contributed by atoms with Crippen molar-refractivity contribution in [1.82, 2.24) is 14.7 Å². The summed E-state index contributed by atoms with van der Waals surface area (Å²) in [4.78, 5) is 14.1. The van der Waals surface area contributed by atoms with E-state index in [1.807, 2.05) is 17.7 Å². The topological polar surface area (TPSA) is 51.3 Å². The second-order valence-electron chi connectivity index (χ2n) is 6.02. The molecule has 0 N–H and O–H groups in total. The van der Waals surface area contributed by atoms with Crippen LogP contribution < -0.4 is 0 Å². The third-order valence-corrected chi connectivity index (χ3v) is 3.22. The molecule has 2 heterocycles. The van der Waals surface area contributed by atoms with Crippen molar-refractivity contribution in [2.24, 2.45) is 0 Å². The van der Waals surface area contributed by atoms with Gasteiger partial charge < -0.3 is 9.32 Å². The van der Waals surface area contributed by atoms with Crippen LogP contribution >= 0.6 is 0 Å². The number of carbonyl (C=O) groups excluding carboxylic acids is 1. The molecule has 0 saturated carbocycles. The lowest BCUT2D eigenvalue weighted by Gasteiger charge is -2.22. The van der Waals surface area contributed by atoms with E-state index >= 15 is 0 Å². The van der Waals surface area contributed by atoms with Crippen LogP contribution in [0.5, 0.6) is 0 Å². The first-order chi connectivity index (χ1) is 9.30. The van der Waals surface area contributed by atoms with Crippen LogP contribution in [-0.4, -0.2) is 27.6 Å². The predicted octanol–water partition coefficient (Wildman–Crippen LogP) is 2.81. The first-order valence-electron chi connectivity index (χ1n) is 6.62. The molecule has 5 heteroatoms. The minimum Gasteiger partial charge on any atom is -0.472 e. The molecule has 0 aliphatic carbocycles. The van der Waals surface area contributed by atoms with Crippen molar-refractivity contribution in [2.45, 2.75) is 39.8 Å². The first kappa shape index (κ1) is 14.4. The van der Waals surface area contributed by atoms with Crippen molar-refractivity contribution in [2.75, 3.05) is 7.05 Å². The Balaban J connectivity index is 2.19. The SMILES string of the molecule is Cc1c(C(=O)N(C)Cc2ccoc2)cnn1C(C)(C)C. The number of rotatable bonds is 3. The molecule has 0 unspecified atom stereocenters. The molecule has 0 aliphatic heterocycles. The molecule has 20 heavy (non-hydrogen) atoms. The highest BCUT2D eigenvalue weighted by molar-refractivity contribution is 5.94. The summed E-state index contributed by atoms with van der Waals surface area (Å²) in [5.74, 6) is -0.0285. The molecule has 0 radical (unpaired) electrons. The number of hydrogen-bond donors (Lipinski definition) is 0. The molecule has 5 nitrogen and oxygen atoms in total. The van der Waals surface area contributed by atoms with Gasteiger partial charge in [0.25, 0.3) is 5.91 Å². The number of carbonyl (C=O) groups is 1. The maximum Gasteiger partial charge on any atom is 0.257 e. The smallest absolute Gasteiger partial charge is 0.257 e. The van der Waals surface area contributed by atoms with Gasteiger partial charge in [-0.15, -0.1) is 0 Å². The molecule has 0 atom stereocenters. The Bertz CT molecular complexity index is 591. The van der Waals surface area contributed by atoms with Gasteiger partial charge in [0.15, 0.2) is 0 Å². The monoisotopic (exact) mass is 275 g/mol. The Hall–Kier alpha value is -2.04. The second-order valence-corrected chi connectivity index (χ2v) is 6.02. The molecule has 2 rings (SSSR count). The van der Waals surface area contributed by atoms with Gasteiger partial charge in [-0.1, -0.05) is 0 Å². The standard InChI is InChI=1S/C15H21N3O2/c1-11-13(8-16-18(11)15(2,3)4)14(19)17(5)9-12-6-7-20-10-12/h6-8,10H,9H2,1-5H3. The Kier molecular flexibility index (Phi) is 3.70. The van der Waals surface area contributed by atoms with E-state index in [9.17, 15) is 4.79 Å². The van der Waals surface area contributed by atoms with Gasteiger partial charge in [-0.25, -0.2) is 0 Å². The third-order valence-electron chi connectivity index (χ3n) is 3.22. The van der Waals surface area contributed by atoms with Crippen molar-refractivity contribution in [3.05, 3.63) is 41.6 Å². The Morgan fingerprint density at radius 2 is 2.15 bits per heavy atom. The maximum absolute atomic E-state index is 12.5. The fourth-order valence-corrected chi connectivity index (χ4v) is 2.23. The molecule has 0 aliphatic rings. The number of aromatic nitrogens is 2. The molecule has 108 valence electrons. The van der Waals surface area contributed by atoms with Crippen LogP contribution in [0.2, 0.25) is 0 Å². The van der Waals surface area contributed by atoms with E-state index in [1.54, 1.807) is 30.7 Å². The van der Waals surface area contributed by atoms with Crippen molar-refractivity contribution in [3.8, 4) is 0 Å². The number of hydrogen-bond acceptors (Lipinski definition) is 3. The molecule has 1 amide bonds. The van der Waals surface area contributed by atoms with Gasteiger partial charge in [0, 0.05) is 24.8 Å². The molecule has 2 aromatic heterocycles.